The first-order valence-corrected chi connectivity index (χ1v) is 9.78. The molecule has 6 nitrogen and oxygen atoms in total. The Kier molecular flexibility index (Phi) is 5.73. The predicted octanol–water partition coefficient (Wildman–Crippen LogP) is 4.64. The van der Waals surface area contributed by atoms with Gasteiger partial charge in [0.25, 0.3) is 0 Å². The Bertz CT molecular complexity index is 1080. The molecule has 2 heterocycles. The third-order valence-electron chi connectivity index (χ3n) is 5.21. The van der Waals surface area contributed by atoms with Gasteiger partial charge in [-0.1, -0.05) is 60.7 Å². The number of aliphatic hydroxyl groups is 1. The van der Waals surface area contributed by atoms with Crippen molar-refractivity contribution < 1.29 is 15.0 Å². The molecule has 31 heavy (non-hydrogen) atoms. The lowest BCUT2D eigenvalue weighted by molar-refractivity contribution is 0.0466. The lowest BCUT2D eigenvalue weighted by Crippen LogP contribution is -2.47. The monoisotopic (exact) mass is 411 g/mol. The number of nitrogens with zero attached hydrogens (tertiary/aromatic N) is 3. The standard InChI is InChI=1S/C25H21N3O3/c29-24(30)28(22-13-5-2-6-14-22)23(19-9-3-1-4-10-19)25(31,20-11-7-15-26-17-20)21-12-8-16-27-18-21/h1-18,23,31H,(H,29,30)/t23-/m1/s1. The van der Waals surface area contributed by atoms with Gasteiger partial charge in [-0.15, -0.1) is 0 Å². The van der Waals surface area contributed by atoms with E-state index in [1.807, 2.05) is 24.3 Å². The van der Waals surface area contributed by atoms with E-state index in [2.05, 4.69) is 9.97 Å². The highest BCUT2D eigenvalue weighted by molar-refractivity contribution is 5.87. The van der Waals surface area contributed by atoms with Gasteiger partial charge in [0.05, 0.1) is 0 Å². The van der Waals surface area contributed by atoms with Crippen molar-refractivity contribution in [3.8, 4) is 0 Å². The van der Waals surface area contributed by atoms with Crippen LogP contribution in [-0.4, -0.2) is 26.3 Å². The van der Waals surface area contributed by atoms with E-state index in [4.69, 9.17) is 0 Å². The first-order valence-electron chi connectivity index (χ1n) is 9.78. The second kappa shape index (κ2) is 8.77. The molecule has 0 saturated carbocycles. The summed E-state index contributed by atoms with van der Waals surface area (Å²) in [4.78, 5) is 22.2. The van der Waals surface area contributed by atoms with Crippen molar-refractivity contribution in [1.29, 1.82) is 0 Å². The molecule has 1 atom stereocenters. The van der Waals surface area contributed by atoms with Crippen LogP contribution in [0.15, 0.2) is 110 Å². The van der Waals surface area contributed by atoms with E-state index in [9.17, 15) is 15.0 Å². The zero-order valence-corrected chi connectivity index (χ0v) is 16.6. The van der Waals surface area contributed by atoms with Crippen molar-refractivity contribution in [3.05, 3.63) is 126 Å². The van der Waals surface area contributed by atoms with E-state index in [0.717, 1.165) is 0 Å². The number of pyridine rings is 2. The van der Waals surface area contributed by atoms with Crippen LogP contribution in [0.3, 0.4) is 0 Å². The van der Waals surface area contributed by atoms with Gasteiger partial charge in [-0.25, -0.2) is 4.79 Å². The van der Waals surface area contributed by atoms with E-state index < -0.39 is 17.7 Å². The van der Waals surface area contributed by atoms with Gasteiger partial charge < -0.3 is 10.2 Å². The third-order valence-corrected chi connectivity index (χ3v) is 5.21. The number of para-hydroxylation sites is 1. The van der Waals surface area contributed by atoms with E-state index in [0.29, 0.717) is 22.4 Å². The molecule has 0 aliphatic heterocycles. The van der Waals surface area contributed by atoms with Crippen molar-refractivity contribution in [2.45, 2.75) is 11.6 Å². The quantitative estimate of drug-likeness (QED) is 0.483. The van der Waals surface area contributed by atoms with Gasteiger partial charge in [-0.2, -0.15) is 0 Å². The van der Waals surface area contributed by atoms with Crippen LogP contribution in [0.5, 0.6) is 0 Å². The molecule has 0 saturated heterocycles. The van der Waals surface area contributed by atoms with E-state index in [1.54, 1.807) is 85.5 Å². The largest absolute Gasteiger partial charge is 0.465 e. The molecular formula is C25H21N3O3. The summed E-state index contributed by atoms with van der Waals surface area (Å²) in [5.74, 6) is 0. The van der Waals surface area contributed by atoms with Crippen molar-refractivity contribution in [3.63, 3.8) is 0 Å². The first kappa shape index (κ1) is 20.3. The number of hydrogen-bond donors (Lipinski definition) is 2. The topological polar surface area (TPSA) is 86.5 Å². The molecule has 0 fully saturated rings. The highest BCUT2D eigenvalue weighted by Gasteiger charge is 2.47. The molecule has 0 aliphatic rings. The summed E-state index contributed by atoms with van der Waals surface area (Å²) < 4.78 is 0. The zero-order valence-electron chi connectivity index (χ0n) is 16.6. The van der Waals surface area contributed by atoms with Crippen LogP contribution in [-0.2, 0) is 5.60 Å². The number of carboxylic acid groups (broad SMARTS) is 1. The van der Waals surface area contributed by atoms with Crippen LogP contribution in [0.1, 0.15) is 22.7 Å². The molecule has 154 valence electrons. The molecule has 0 spiro atoms. The maximum absolute atomic E-state index is 12.6. The van der Waals surface area contributed by atoms with Gasteiger partial charge in [0.15, 0.2) is 0 Å². The number of anilines is 1. The molecular weight excluding hydrogens is 390 g/mol. The molecule has 2 aromatic heterocycles. The minimum absolute atomic E-state index is 0.440. The summed E-state index contributed by atoms with van der Waals surface area (Å²) in [5, 5.41) is 22.7. The molecule has 1 amide bonds. The van der Waals surface area contributed by atoms with Crippen molar-refractivity contribution in [2.75, 3.05) is 4.90 Å². The van der Waals surface area contributed by atoms with E-state index in [-0.39, 0.29) is 0 Å². The molecule has 2 aromatic carbocycles. The molecule has 0 aliphatic carbocycles. The van der Waals surface area contributed by atoms with Crippen LogP contribution in [0, 0.1) is 0 Å². The van der Waals surface area contributed by atoms with Crippen molar-refractivity contribution in [2.24, 2.45) is 0 Å². The molecule has 0 unspecified atom stereocenters. The van der Waals surface area contributed by atoms with Gasteiger partial charge in [-0.3, -0.25) is 14.9 Å². The second-order valence-corrected chi connectivity index (χ2v) is 7.05. The van der Waals surface area contributed by atoms with Crippen LogP contribution in [0.4, 0.5) is 10.5 Å². The number of aromatic nitrogens is 2. The molecule has 0 radical (unpaired) electrons. The van der Waals surface area contributed by atoms with E-state index in [1.165, 1.54) is 4.90 Å². The Balaban J connectivity index is 2.04. The molecule has 4 aromatic rings. The predicted molar refractivity (Wildman–Crippen MR) is 118 cm³/mol. The number of benzene rings is 2. The zero-order chi connectivity index (χ0) is 21.7. The highest BCUT2D eigenvalue weighted by Crippen LogP contribution is 2.45. The third kappa shape index (κ3) is 3.89. The van der Waals surface area contributed by atoms with Crippen LogP contribution < -0.4 is 4.90 Å². The van der Waals surface area contributed by atoms with Gasteiger partial charge in [0.2, 0.25) is 0 Å². The minimum Gasteiger partial charge on any atom is -0.465 e. The second-order valence-electron chi connectivity index (χ2n) is 7.05. The Hall–Kier alpha value is -4.03. The van der Waals surface area contributed by atoms with E-state index >= 15 is 0 Å². The van der Waals surface area contributed by atoms with Crippen molar-refractivity contribution in [1.82, 2.24) is 9.97 Å². The SMILES string of the molecule is O=C(O)N(c1ccccc1)[C@H](c1ccccc1)C(O)(c1cccnc1)c1cccnc1. The first-order chi connectivity index (χ1) is 15.1. The lowest BCUT2D eigenvalue weighted by Gasteiger charge is -2.42. The molecule has 6 heteroatoms. The van der Waals surface area contributed by atoms with Crippen LogP contribution >= 0.6 is 0 Å². The summed E-state index contributed by atoms with van der Waals surface area (Å²) in [6, 6.07) is 23.7. The summed E-state index contributed by atoms with van der Waals surface area (Å²) in [7, 11) is 0. The fourth-order valence-electron chi connectivity index (χ4n) is 3.83. The van der Waals surface area contributed by atoms with Gasteiger partial charge in [0, 0.05) is 41.6 Å². The molecule has 0 bridgehead atoms. The smallest absolute Gasteiger partial charge is 0.412 e. The highest BCUT2D eigenvalue weighted by atomic mass is 16.4. The molecule has 4 rings (SSSR count). The number of rotatable bonds is 6. The van der Waals surface area contributed by atoms with Crippen LogP contribution in [0.25, 0.3) is 0 Å². The maximum atomic E-state index is 12.6. The average Bonchev–Trinajstić information content (AvgIpc) is 2.84. The summed E-state index contributed by atoms with van der Waals surface area (Å²) in [6.07, 6.45) is 5.13. The minimum atomic E-state index is -1.77. The fraction of sp³-hybridized carbons (Fsp3) is 0.0800. The number of amides is 1. The van der Waals surface area contributed by atoms with Gasteiger partial charge in [0.1, 0.15) is 11.6 Å². The fourth-order valence-corrected chi connectivity index (χ4v) is 3.83. The lowest BCUT2D eigenvalue weighted by atomic mass is 9.77. The van der Waals surface area contributed by atoms with Gasteiger partial charge in [-0.05, 0) is 29.8 Å². The summed E-state index contributed by atoms with van der Waals surface area (Å²) in [6.45, 7) is 0. The Morgan fingerprint density at radius 3 is 1.74 bits per heavy atom. The maximum Gasteiger partial charge on any atom is 0.412 e. The Morgan fingerprint density at radius 2 is 1.29 bits per heavy atom. The van der Waals surface area contributed by atoms with Crippen LogP contribution in [0.2, 0.25) is 0 Å². The Morgan fingerprint density at radius 1 is 0.774 bits per heavy atom. The normalized spacial score (nSPS) is 12.2. The summed E-state index contributed by atoms with van der Waals surface area (Å²) >= 11 is 0. The molecule has 2 N–H and O–H groups in total. The van der Waals surface area contributed by atoms with Gasteiger partial charge >= 0.3 is 6.09 Å². The number of carbonyl (C=O) groups is 1. The average molecular weight is 411 g/mol. The Labute approximate surface area is 180 Å². The number of hydrogen-bond acceptors (Lipinski definition) is 4. The van der Waals surface area contributed by atoms with Crippen molar-refractivity contribution >= 4 is 11.8 Å². The summed E-state index contributed by atoms with van der Waals surface area (Å²) in [5.41, 5.74) is 0.218.